The van der Waals surface area contributed by atoms with E-state index < -0.39 is 5.91 Å². The molecule has 0 aliphatic carbocycles. The van der Waals surface area contributed by atoms with Gasteiger partial charge in [0.15, 0.2) is 5.69 Å². The number of nitrogen functional groups attached to an aromatic ring is 1. The average molecular weight is 254 g/mol. The molecule has 1 amide bonds. The molecule has 0 aromatic carbocycles. The summed E-state index contributed by atoms with van der Waals surface area (Å²) in [6.45, 7) is 1.84. The van der Waals surface area contributed by atoms with Gasteiger partial charge in [-0.2, -0.15) is 0 Å². The Morgan fingerprint density at radius 3 is 3.12 bits per heavy atom. The molecule has 0 fully saturated rings. The van der Waals surface area contributed by atoms with E-state index in [0.29, 0.717) is 16.7 Å². The maximum atomic E-state index is 11.1. The smallest absolute Gasteiger partial charge is 0.287 e. The molecule has 0 saturated carbocycles. The molecule has 3 N–H and O–H groups in total. The molecule has 0 spiro atoms. The van der Waals surface area contributed by atoms with Crippen LogP contribution in [0.1, 0.15) is 21.9 Å². The molecule has 2 heterocycles. The minimum atomic E-state index is -0.489. The van der Waals surface area contributed by atoms with Crippen LogP contribution in [-0.4, -0.2) is 16.0 Å². The van der Waals surface area contributed by atoms with Crippen LogP contribution in [0.3, 0.4) is 0 Å². The Kier molecular flexibility index (Phi) is 3.45. The number of nitrogens with two attached hydrogens (primary N) is 1. The first kappa shape index (κ1) is 11.7. The molecule has 2 aromatic heterocycles. The van der Waals surface area contributed by atoms with Gasteiger partial charge in [0, 0.05) is 6.07 Å². The van der Waals surface area contributed by atoms with Gasteiger partial charge in [0.05, 0.1) is 11.4 Å². The lowest BCUT2D eigenvalue weighted by molar-refractivity contribution is 0.0944. The van der Waals surface area contributed by atoms with Crippen LogP contribution in [-0.2, 0) is 5.75 Å². The second-order valence-electron chi connectivity index (χ2n) is 3.20. The summed E-state index contributed by atoms with van der Waals surface area (Å²) < 4.78 is 10.1. The van der Waals surface area contributed by atoms with Gasteiger partial charge < -0.3 is 8.94 Å². The van der Waals surface area contributed by atoms with Crippen LogP contribution in [0.4, 0.5) is 0 Å². The zero-order valence-electron chi connectivity index (χ0n) is 8.97. The van der Waals surface area contributed by atoms with E-state index in [0.717, 1.165) is 5.69 Å². The van der Waals surface area contributed by atoms with Gasteiger partial charge in [-0.1, -0.05) is 16.9 Å². The lowest BCUT2D eigenvalue weighted by Gasteiger charge is -1.90. The summed E-state index contributed by atoms with van der Waals surface area (Å²) in [5.74, 6) is 5.50. The molecule has 0 aliphatic rings. The quantitative estimate of drug-likeness (QED) is 0.360. The summed E-state index contributed by atoms with van der Waals surface area (Å²) >= 11 is 1.35. The van der Waals surface area contributed by atoms with Gasteiger partial charge in [-0.3, -0.25) is 10.2 Å². The van der Waals surface area contributed by atoms with Crippen LogP contribution in [0.2, 0.25) is 0 Å². The summed E-state index contributed by atoms with van der Waals surface area (Å²) in [5.41, 5.74) is 2.93. The number of thioether (sulfide) groups is 1. The second kappa shape index (κ2) is 5.02. The number of carbonyl (C=O) groups is 1. The Morgan fingerprint density at radius 1 is 1.65 bits per heavy atom. The average Bonchev–Trinajstić information content (AvgIpc) is 2.94. The predicted octanol–water partition coefficient (Wildman–Crippen LogP) is 0.867. The molecule has 8 heteroatoms. The molecule has 2 rings (SSSR count). The highest BCUT2D eigenvalue weighted by atomic mass is 32.2. The molecule has 0 aliphatic heterocycles. The van der Waals surface area contributed by atoms with Crippen molar-refractivity contribution in [2.45, 2.75) is 17.9 Å². The summed E-state index contributed by atoms with van der Waals surface area (Å²) in [5, 5.41) is 4.12. The third-order valence-corrected chi connectivity index (χ3v) is 2.72. The largest absolute Gasteiger partial charge is 0.440 e. The van der Waals surface area contributed by atoms with Crippen molar-refractivity contribution in [3.63, 3.8) is 0 Å². The van der Waals surface area contributed by atoms with E-state index in [4.69, 9.17) is 14.8 Å². The van der Waals surface area contributed by atoms with E-state index in [2.05, 4.69) is 10.1 Å². The summed E-state index contributed by atoms with van der Waals surface area (Å²) in [6, 6.07) is 1.52. The van der Waals surface area contributed by atoms with Crippen molar-refractivity contribution in [1.82, 2.24) is 15.6 Å². The third-order valence-electron chi connectivity index (χ3n) is 1.86. The second-order valence-corrected chi connectivity index (χ2v) is 4.12. The third kappa shape index (κ3) is 2.86. The van der Waals surface area contributed by atoms with Gasteiger partial charge in [-0.25, -0.2) is 10.8 Å². The minimum absolute atomic E-state index is 0.145. The van der Waals surface area contributed by atoms with E-state index >= 15 is 0 Å². The van der Waals surface area contributed by atoms with E-state index in [1.165, 1.54) is 17.8 Å². The molecule has 7 nitrogen and oxygen atoms in total. The van der Waals surface area contributed by atoms with Gasteiger partial charge >= 0.3 is 0 Å². The van der Waals surface area contributed by atoms with Gasteiger partial charge in [0.25, 0.3) is 11.1 Å². The molecule has 0 atom stereocenters. The standard InChI is InChI=1S/C9H10N4O3S/c1-5-3-15-9(11-5)17-4-6-2-7(13-16-6)8(14)12-10/h2-3H,4,10H2,1H3,(H,12,14). The number of carbonyl (C=O) groups excluding carboxylic acids is 1. The SMILES string of the molecule is Cc1coc(SCc2cc(C(=O)NN)no2)n1. The van der Waals surface area contributed by atoms with Gasteiger partial charge in [-0.15, -0.1) is 0 Å². The molecule has 90 valence electrons. The van der Waals surface area contributed by atoms with Crippen LogP contribution in [0.5, 0.6) is 0 Å². The number of nitrogens with zero attached hydrogens (tertiary/aromatic N) is 2. The maximum absolute atomic E-state index is 11.1. The summed E-state index contributed by atoms with van der Waals surface area (Å²) in [7, 11) is 0. The van der Waals surface area contributed by atoms with Crippen LogP contribution in [0.25, 0.3) is 0 Å². The molecular weight excluding hydrogens is 244 g/mol. The highest BCUT2D eigenvalue weighted by molar-refractivity contribution is 7.98. The highest BCUT2D eigenvalue weighted by Crippen LogP contribution is 2.22. The van der Waals surface area contributed by atoms with Crippen molar-refractivity contribution in [2.75, 3.05) is 0 Å². The topological polar surface area (TPSA) is 107 Å². The van der Waals surface area contributed by atoms with Crippen molar-refractivity contribution in [1.29, 1.82) is 0 Å². The Bertz CT molecular complexity index is 522. The number of aromatic nitrogens is 2. The lowest BCUT2D eigenvalue weighted by Crippen LogP contribution is -2.30. The fourth-order valence-corrected chi connectivity index (χ4v) is 1.82. The number of nitrogens with one attached hydrogen (secondary N) is 1. The summed E-state index contributed by atoms with van der Waals surface area (Å²) in [6.07, 6.45) is 1.57. The lowest BCUT2D eigenvalue weighted by atomic mass is 10.4. The van der Waals surface area contributed by atoms with Crippen molar-refractivity contribution >= 4 is 17.7 Å². The van der Waals surface area contributed by atoms with E-state index in [9.17, 15) is 4.79 Å². The number of hydrazine groups is 1. The van der Waals surface area contributed by atoms with Crippen molar-refractivity contribution in [3.8, 4) is 0 Å². The fraction of sp³-hybridized carbons (Fsp3) is 0.222. The molecule has 0 saturated heterocycles. The zero-order chi connectivity index (χ0) is 12.3. The van der Waals surface area contributed by atoms with Gasteiger partial charge in [-0.05, 0) is 6.92 Å². The molecule has 0 radical (unpaired) electrons. The Labute approximate surface area is 101 Å². The predicted molar refractivity (Wildman–Crippen MR) is 59.0 cm³/mol. The van der Waals surface area contributed by atoms with E-state index in [1.807, 2.05) is 12.3 Å². The number of amides is 1. The first-order valence-electron chi connectivity index (χ1n) is 4.70. The molecule has 0 unspecified atom stereocenters. The highest BCUT2D eigenvalue weighted by Gasteiger charge is 2.12. The van der Waals surface area contributed by atoms with Crippen LogP contribution < -0.4 is 11.3 Å². The van der Waals surface area contributed by atoms with Crippen molar-refractivity contribution in [2.24, 2.45) is 5.84 Å². The zero-order valence-corrected chi connectivity index (χ0v) is 9.78. The summed E-state index contributed by atoms with van der Waals surface area (Å²) in [4.78, 5) is 15.2. The van der Waals surface area contributed by atoms with E-state index in [-0.39, 0.29) is 5.69 Å². The van der Waals surface area contributed by atoms with Gasteiger partial charge in [0.1, 0.15) is 12.0 Å². The Balaban J connectivity index is 1.95. The monoisotopic (exact) mass is 254 g/mol. The van der Waals surface area contributed by atoms with E-state index in [1.54, 1.807) is 6.26 Å². The van der Waals surface area contributed by atoms with Crippen molar-refractivity contribution in [3.05, 3.63) is 29.5 Å². The molecule has 17 heavy (non-hydrogen) atoms. The Hall–Kier alpha value is -1.80. The number of hydrogen-bond donors (Lipinski definition) is 2. The first-order valence-corrected chi connectivity index (χ1v) is 5.69. The van der Waals surface area contributed by atoms with Crippen LogP contribution >= 0.6 is 11.8 Å². The minimum Gasteiger partial charge on any atom is -0.440 e. The first-order chi connectivity index (χ1) is 8.19. The number of rotatable bonds is 4. The van der Waals surface area contributed by atoms with Crippen LogP contribution in [0.15, 0.2) is 26.5 Å². The van der Waals surface area contributed by atoms with Gasteiger partial charge in [0.2, 0.25) is 0 Å². The molecular formula is C9H10N4O3S. The molecule has 0 bridgehead atoms. The fourth-order valence-electron chi connectivity index (χ4n) is 1.09. The van der Waals surface area contributed by atoms with Crippen LogP contribution in [0, 0.1) is 6.92 Å². The number of oxazole rings is 1. The normalized spacial score (nSPS) is 10.5. The number of hydrogen-bond acceptors (Lipinski definition) is 7. The maximum Gasteiger partial charge on any atom is 0.287 e. The molecule has 2 aromatic rings. The van der Waals surface area contributed by atoms with Crippen molar-refractivity contribution < 1.29 is 13.7 Å². The Morgan fingerprint density at radius 2 is 2.47 bits per heavy atom. The number of aryl methyl sites for hydroxylation is 1.